The van der Waals surface area contributed by atoms with Gasteiger partial charge >= 0.3 is 5.97 Å². The molecule has 148 valence electrons. The van der Waals surface area contributed by atoms with Gasteiger partial charge in [-0.1, -0.05) is 6.07 Å². The lowest BCUT2D eigenvalue weighted by Gasteiger charge is -2.27. The number of benzene rings is 1. The van der Waals surface area contributed by atoms with Crippen LogP contribution in [0.2, 0.25) is 0 Å². The fraction of sp³-hybridized carbons (Fsp3) is 0.381. The highest BCUT2D eigenvalue weighted by atomic mass is 16.5. The normalized spacial score (nSPS) is 15.6. The molecule has 2 N–H and O–H groups in total. The van der Waals surface area contributed by atoms with Gasteiger partial charge in [-0.2, -0.15) is 0 Å². The van der Waals surface area contributed by atoms with Crippen molar-refractivity contribution in [3.8, 4) is 17.0 Å². The molecule has 2 aromatic rings. The Morgan fingerprint density at radius 1 is 1.29 bits per heavy atom. The molecule has 1 aromatic carbocycles. The number of hydrogen-bond donors (Lipinski definition) is 2. The minimum absolute atomic E-state index is 0.00602. The van der Waals surface area contributed by atoms with E-state index in [9.17, 15) is 14.7 Å². The molecule has 0 saturated carbocycles. The van der Waals surface area contributed by atoms with E-state index in [0.717, 1.165) is 0 Å². The minimum atomic E-state index is -0.892. The molecule has 1 amide bonds. The van der Waals surface area contributed by atoms with Crippen LogP contribution in [-0.2, 0) is 9.53 Å². The summed E-state index contributed by atoms with van der Waals surface area (Å²) in [7, 11) is 1.56. The Bertz CT molecular complexity index is 819. The molecular formula is C21H24N2O5. The van der Waals surface area contributed by atoms with Gasteiger partial charge in [-0.15, -0.1) is 0 Å². The number of hydrogen-bond acceptors (Lipinski definition) is 5. The molecule has 1 aliphatic heterocycles. The number of methoxy groups -OCH3 is 1. The number of pyridine rings is 1. The van der Waals surface area contributed by atoms with Gasteiger partial charge < -0.3 is 19.9 Å². The van der Waals surface area contributed by atoms with Crippen molar-refractivity contribution in [2.24, 2.45) is 11.8 Å². The zero-order chi connectivity index (χ0) is 19.9. The molecular weight excluding hydrogens is 360 g/mol. The number of carboxylic acid groups (broad SMARTS) is 1. The van der Waals surface area contributed by atoms with Gasteiger partial charge in [0.25, 0.3) is 5.91 Å². The molecule has 1 unspecified atom stereocenters. The average molecular weight is 384 g/mol. The van der Waals surface area contributed by atoms with Gasteiger partial charge in [0.1, 0.15) is 5.75 Å². The molecule has 0 bridgehead atoms. The lowest BCUT2D eigenvalue weighted by atomic mass is 9.86. The third-order valence-electron chi connectivity index (χ3n) is 5.04. The van der Waals surface area contributed by atoms with Gasteiger partial charge in [-0.3, -0.25) is 14.6 Å². The summed E-state index contributed by atoms with van der Waals surface area (Å²) in [5.41, 5.74) is 1.83. The van der Waals surface area contributed by atoms with E-state index in [1.165, 1.54) is 0 Å². The molecule has 1 aliphatic rings. The van der Waals surface area contributed by atoms with E-state index < -0.39 is 11.9 Å². The molecule has 0 aliphatic carbocycles. The Morgan fingerprint density at radius 2 is 2.07 bits per heavy atom. The Balaban J connectivity index is 1.74. The molecule has 2 heterocycles. The quantitative estimate of drug-likeness (QED) is 0.762. The number of aliphatic carboxylic acids is 1. The molecule has 7 heteroatoms. The van der Waals surface area contributed by atoms with Gasteiger partial charge in [-0.25, -0.2) is 0 Å². The predicted octanol–water partition coefficient (Wildman–Crippen LogP) is 2.61. The lowest BCUT2D eigenvalue weighted by Crippen LogP contribution is -2.39. The Labute approximate surface area is 163 Å². The van der Waals surface area contributed by atoms with E-state index in [-0.39, 0.29) is 18.4 Å². The highest BCUT2D eigenvalue weighted by molar-refractivity contribution is 5.96. The third kappa shape index (κ3) is 4.67. The lowest BCUT2D eigenvalue weighted by molar-refractivity contribution is -0.144. The summed E-state index contributed by atoms with van der Waals surface area (Å²) in [5.74, 6) is -1.22. The smallest absolute Gasteiger partial charge is 0.308 e. The molecule has 1 aromatic heterocycles. The van der Waals surface area contributed by atoms with Crippen LogP contribution >= 0.6 is 0 Å². The zero-order valence-corrected chi connectivity index (χ0v) is 15.8. The number of amides is 1. The van der Waals surface area contributed by atoms with E-state index in [4.69, 9.17) is 9.47 Å². The first-order valence-corrected chi connectivity index (χ1v) is 9.28. The number of ether oxygens (including phenoxy) is 2. The van der Waals surface area contributed by atoms with Crippen LogP contribution in [0.15, 0.2) is 42.6 Å². The summed E-state index contributed by atoms with van der Waals surface area (Å²) >= 11 is 0. The molecule has 0 radical (unpaired) electrons. The van der Waals surface area contributed by atoms with Crippen molar-refractivity contribution >= 4 is 11.9 Å². The van der Waals surface area contributed by atoms with Crippen molar-refractivity contribution in [3.63, 3.8) is 0 Å². The molecule has 3 rings (SSSR count). The second-order valence-corrected chi connectivity index (χ2v) is 6.73. The monoisotopic (exact) mass is 384 g/mol. The molecule has 28 heavy (non-hydrogen) atoms. The van der Waals surface area contributed by atoms with Gasteiger partial charge in [-0.05, 0) is 49.1 Å². The number of carboxylic acids is 1. The highest BCUT2D eigenvalue weighted by Crippen LogP contribution is 2.29. The van der Waals surface area contributed by atoms with Crippen molar-refractivity contribution < 1.29 is 24.2 Å². The SMILES string of the molecule is COc1ccc(C(=O)NCC(C(=O)O)C2CCOCC2)cc1-c1ccccn1. The maximum absolute atomic E-state index is 12.6. The van der Waals surface area contributed by atoms with Crippen molar-refractivity contribution in [2.45, 2.75) is 12.8 Å². The number of rotatable bonds is 7. The molecule has 1 saturated heterocycles. The minimum Gasteiger partial charge on any atom is -0.496 e. The summed E-state index contributed by atoms with van der Waals surface area (Å²) in [6.07, 6.45) is 3.06. The van der Waals surface area contributed by atoms with E-state index in [2.05, 4.69) is 10.3 Å². The number of aromatic nitrogens is 1. The number of nitrogens with one attached hydrogen (secondary N) is 1. The maximum atomic E-state index is 12.6. The van der Waals surface area contributed by atoms with E-state index >= 15 is 0 Å². The fourth-order valence-corrected chi connectivity index (χ4v) is 3.45. The predicted molar refractivity (Wildman–Crippen MR) is 103 cm³/mol. The molecule has 0 spiro atoms. The van der Waals surface area contributed by atoms with Crippen LogP contribution < -0.4 is 10.1 Å². The van der Waals surface area contributed by atoms with E-state index in [1.807, 2.05) is 18.2 Å². The van der Waals surface area contributed by atoms with Crippen LogP contribution in [0.3, 0.4) is 0 Å². The van der Waals surface area contributed by atoms with Gasteiger partial charge in [0.2, 0.25) is 0 Å². The first-order valence-electron chi connectivity index (χ1n) is 9.28. The first-order chi connectivity index (χ1) is 13.6. The van der Waals surface area contributed by atoms with Crippen molar-refractivity contribution in [3.05, 3.63) is 48.2 Å². The second kappa shape index (κ2) is 9.32. The highest BCUT2D eigenvalue weighted by Gasteiger charge is 2.30. The van der Waals surface area contributed by atoms with E-state index in [1.54, 1.807) is 31.5 Å². The fourth-order valence-electron chi connectivity index (χ4n) is 3.45. The number of carbonyl (C=O) groups excluding carboxylic acids is 1. The first kappa shape index (κ1) is 19.8. The Kier molecular flexibility index (Phi) is 6.60. The molecule has 1 atom stereocenters. The average Bonchev–Trinajstić information content (AvgIpc) is 2.74. The van der Waals surface area contributed by atoms with Crippen LogP contribution in [-0.4, -0.2) is 48.8 Å². The van der Waals surface area contributed by atoms with Crippen LogP contribution in [0.4, 0.5) is 0 Å². The maximum Gasteiger partial charge on any atom is 0.308 e. The van der Waals surface area contributed by atoms with Crippen molar-refractivity contribution in [1.82, 2.24) is 10.3 Å². The van der Waals surface area contributed by atoms with Crippen molar-refractivity contribution in [1.29, 1.82) is 0 Å². The summed E-state index contributed by atoms with van der Waals surface area (Å²) in [4.78, 5) is 28.6. The largest absolute Gasteiger partial charge is 0.496 e. The Hall–Kier alpha value is -2.93. The van der Waals surface area contributed by atoms with Crippen LogP contribution in [0.1, 0.15) is 23.2 Å². The topological polar surface area (TPSA) is 97.8 Å². The second-order valence-electron chi connectivity index (χ2n) is 6.73. The van der Waals surface area contributed by atoms with Crippen molar-refractivity contribution in [2.75, 3.05) is 26.9 Å². The van der Waals surface area contributed by atoms with Crippen LogP contribution in [0.25, 0.3) is 11.3 Å². The summed E-state index contributed by atoms with van der Waals surface area (Å²) in [6, 6.07) is 10.6. The van der Waals surface area contributed by atoms with E-state index in [0.29, 0.717) is 48.6 Å². The summed E-state index contributed by atoms with van der Waals surface area (Å²) in [6.45, 7) is 1.21. The zero-order valence-electron chi connectivity index (χ0n) is 15.8. The summed E-state index contributed by atoms with van der Waals surface area (Å²) in [5, 5.41) is 12.3. The van der Waals surface area contributed by atoms with Gasteiger partial charge in [0.15, 0.2) is 0 Å². The van der Waals surface area contributed by atoms with Gasteiger partial charge in [0.05, 0.1) is 18.7 Å². The van der Waals surface area contributed by atoms with Gasteiger partial charge in [0, 0.05) is 37.1 Å². The number of nitrogens with zero attached hydrogens (tertiary/aromatic N) is 1. The molecule has 1 fully saturated rings. The van der Waals surface area contributed by atoms with Crippen LogP contribution in [0.5, 0.6) is 5.75 Å². The number of carbonyl (C=O) groups is 2. The third-order valence-corrected chi connectivity index (χ3v) is 5.04. The standard InChI is InChI=1S/C21H24N2O5/c1-27-19-6-5-15(12-16(19)18-4-2-3-9-22-18)20(24)23-13-17(21(25)26)14-7-10-28-11-8-14/h2-6,9,12,14,17H,7-8,10-11,13H2,1H3,(H,23,24)(H,25,26). The molecule has 7 nitrogen and oxygen atoms in total. The van der Waals surface area contributed by atoms with Crippen LogP contribution in [0, 0.1) is 11.8 Å². The summed E-state index contributed by atoms with van der Waals surface area (Å²) < 4.78 is 10.7. The Morgan fingerprint density at radius 3 is 2.71 bits per heavy atom.